The van der Waals surface area contributed by atoms with Crippen LogP contribution in [0.5, 0.6) is 0 Å². The number of benzene rings is 1. The van der Waals surface area contributed by atoms with Crippen molar-refractivity contribution in [3.05, 3.63) is 28.0 Å². The lowest BCUT2D eigenvalue weighted by molar-refractivity contribution is -0.120. The number of nitrogens with zero attached hydrogens (tertiary/aromatic N) is 1. The maximum absolute atomic E-state index is 14.1. The molecular formula is C12H15BrF4N2. The van der Waals surface area contributed by atoms with E-state index >= 15 is 0 Å². The molecule has 0 aliphatic rings. The highest BCUT2D eigenvalue weighted by Gasteiger charge is 2.33. The molecule has 2 nitrogen and oxygen atoms in total. The summed E-state index contributed by atoms with van der Waals surface area (Å²) in [6, 6.07) is 2.37. The van der Waals surface area contributed by atoms with Crippen LogP contribution < -0.4 is 10.6 Å². The molecule has 0 aliphatic carbocycles. The average molecular weight is 343 g/mol. The van der Waals surface area contributed by atoms with E-state index in [2.05, 4.69) is 15.9 Å². The van der Waals surface area contributed by atoms with Crippen molar-refractivity contribution in [1.82, 2.24) is 0 Å². The molecule has 2 N–H and O–H groups in total. The van der Waals surface area contributed by atoms with Crippen LogP contribution in [-0.2, 0) is 6.54 Å². The van der Waals surface area contributed by atoms with Crippen molar-refractivity contribution in [1.29, 1.82) is 0 Å². The summed E-state index contributed by atoms with van der Waals surface area (Å²) in [5.41, 5.74) is 5.84. The molecule has 0 unspecified atom stereocenters. The third-order valence-corrected chi connectivity index (χ3v) is 3.50. The standard InChI is InChI=1S/C12H15BrF4N2/c1-7(2)19(6-12(15,16)17)9-4-3-8(5-18)10(13)11(9)14/h3-4,7H,5-6,18H2,1-2H3. The predicted molar refractivity (Wildman–Crippen MR) is 70.5 cm³/mol. The van der Waals surface area contributed by atoms with Gasteiger partial charge in [0.2, 0.25) is 0 Å². The molecule has 0 aromatic heterocycles. The van der Waals surface area contributed by atoms with Gasteiger partial charge in [0, 0.05) is 12.6 Å². The van der Waals surface area contributed by atoms with E-state index in [0.717, 1.165) is 4.90 Å². The van der Waals surface area contributed by atoms with Crippen LogP contribution in [0.2, 0.25) is 0 Å². The van der Waals surface area contributed by atoms with Crippen LogP contribution in [0.3, 0.4) is 0 Å². The fourth-order valence-electron chi connectivity index (χ4n) is 1.70. The molecule has 7 heteroatoms. The van der Waals surface area contributed by atoms with Crippen LogP contribution in [0.1, 0.15) is 19.4 Å². The van der Waals surface area contributed by atoms with Gasteiger partial charge in [0.05, 0.1) is 10.2 Å². The molecule has 1 aromatic rings. The van der Waals surface area contributed by atoms with Crippen molar-refractivity contribution in [3.8, 4) is 0 Å². The van der Waals surface area contributed by atoms with Crippen molar-refractivity contribution in [2.45, 2.75) is 32.6 Å². The van der Waals surface area contributed by atoms with Gasteiger partial charge in [-0.2, -0.15) is 13.2 Å². The molecule has 1 aromatic carbocycles. The number of hydrogen-bond donors (Lipinski definition) is 1. The van der Waals surface area contributed by atoms with Crippen LogP contribution in [0.4, 0.5) is 23.2 Å². The third kappa shape index (κ3) is 4.07. The van der Waals surface area contributed by atoms with Gasteiger partial charge < -0.3 is 10.6 Å². The maximum atomic E-state index is 14.1. The summed E-state index contributed by atoms with van der Waals surface area (Å²) in [4.78, 5) is 0.973. The van der Waals surface area contributed by atoms with Crippen LogP contribution >= 0.6 is 15.9 Å². The number of rotatable bonds is 4. The van der Waals surface area contributed by atoms with E-state index in [-0.39, 0.29) is 16.7 Å². The van der Waals surface area contributed by atoms with Crippen LogP contribution in [0.25, 0.3) is 0 Å². The molecule has 0 heterocycles. The number of alkyl halides is 3. The van der Waals surface area contributed by atoms with Gasteiger partial charge in [0.25, 0.3) is 0 Å². The Hall–Kier alpha value is -0.820. The van der Waals surface area contributed by atoms with E-state index < -0.39 is 24.6 Å². The van der Waals surface area contributed by atoms with Crippen LogP contribution in [0, 0.1) is 5.82 Å². The predicted octanol–water partition coefficient (Wildman–Crippen LogP) is 3.82. The fraction of sp³-hybridized carbons (Fsp3) is 0.500. The Morgan fingerprint density at radius 3 is 2.32 bits per heavy atom. The van der Waals surface area contributed by atoms with Gasteiger partial charge in [0.1, 0.15) is 6.54 Å². The lowest BCUT2D eigenvalue weighted by Crippen LogP contribution is -2.39. The number of hydrogen-bond acceptors (Lipinski definition) is 2. The first-order valence-electron chi connectivity index (χ1n) is 5.67. The molecule has 0 amide bonds. The first-order chi connectivity index (χ1) is 8.67. The zero-order valence-corrected chi connectivity index (χ0v) is 12.1. The Balaban J connectivity index is 3.21. The molecule has 0 atom stereocenters. The minimum atomic E-state index is -4.39. The van der Waals surface area contributed by atoms with E-state index in [1.807, 2.05) is 0 Å². The second kappa shape index (κ2) is 6.09. The summed E-state index contributed by atoms with van der Waals surface area (Å²) in [5, 5.41) is 0. The normalized spacial score (nSPS) is 12.1. The van der Waals surface area contributed by atoms with Gasteiger partial charge in [0.15, 0.2) is 5.82 Å². The second-order valence-corrected chi connectivity index (χ2v) is 5.21. The fourth-order valence-corrected chi connectivity index (χ4v) is 2.19. The zero-order valence-electron chi connectivity index (χ0n) is 10.6. The van der Waals surface area contributed by atoms with Crippen LogP contribution in [-0.4, -0.2) is 18.8 Å². The Kier molecular flexibility index (Phi) is 5.20. The monoisotopic (exact) mass is 342 g/mol. The van der Waals surface area contributed by atoms with E-state index in [4.69, 9.17) is 5.73 Å². The van der Waals surface area contributed by atoms with E-state index in [1.165, 1.54) is 12.1 Å². The van der Waals surface area contributed by atoms with Crippen LogP contribution in [0.15, 0.2) is 16.6 Å². The molecule has 0 aliphatic heterocycles. The number of anilines is 1. The van der Waals surface area contributed by atoms with Gasteiger partial charge in [-0.15, -0.1) is 0 Å². The van der Waals surface area contributed by atoms with E-state index in [1.54, 1.807) is 13.8 Å². The van der Waals surface area contributed by atoms with Crippen molar-refractivity contribution < 1.29 is 17.6 Å². The SMILES string of the molecule is CC(C)N(CC(F)(F)F)c1ccc(CN)c(Br)c1F. The molecule has 0 bridgehead atoms. The number of nitrogens with two attached hydrogens (primary N) is 1. The summed E-state index contributed by atoms with van der Waals surface area (Å²) in [7, 11) is 0. The average Bonchev–Trinajstić information content (AvgIpc) is 2.28. The first-order valence-corrected chi connectivity index (χ1v) is 6.47. The van der Waals surface area contributed by atoms with Crippen molar-refractivity contribution in [2.75, 3.05) is 11.4 Å². The highest BCUT2D eigenvalue weighted by atomic mass is 79.9. The van der Waals surface area contributed by atoms with E-state index in [9.17, 15) is 17.6 Å². The Morgan fingerprint density at radius 1 is 1.32 bits per heavy atom. The first kappa shape index (κ1) is 16.2. The molecule has 1 rings (SSSR count). The lowest BCUT2D eigenvalue weighted by Gasteiger charge is -2.30. The summed E-state index contributed by atoms with van der Waals surface area (Å²) in [6.07, 6.45) is -4.39. The summed E-state index contributed by atoms with van der Waals surface area (Å²) < 4.78 is 51.8. The van der Waals surface area contributed by atoms with Gasteiger partial charge >= 0.3 is 6.18 Å². The Labute approximate surface area is 117 Å². The highest BCUT2D eigenvalue weighted by Crippen LogP contribution is 2.32. The molecule has 0 radical (unpaired) electrons. The second-order valence-electron chi connectivity index (χ2n) is 4.41. The van der Waals surface area contributed by atoms with Gasteiger partial charge in [-0.25, -0.2) is 4.39 Å². The summed E-state index contributed by atoms with van der Waals surface area (Å²) >= 11 is 3.03. The van der Waals surface area contributed by atoms with Crippen molar-refractivity contribution >= 4 is 21.6 Å². The molecule has 0 spiro atoms. The Bertz CT molecular complexity index is 446. The topological polar surface area (TPSA) is 29.3 Å². The molecule has 0 saturated carbocycles. The molecule has 19 heavy (non-hydrogen) atoms. The van der Waals surface area contributed by atoms with Gasteiger partial charge in [-0.3, -0.25) is 0 Å². The molecule has 0 fully saturated rings. The van der Waals surface area contributed by atoms with Crippen molar-refractivity contribution in [2.24, 2.45) is 5.73 Å². The molecular weight excluding hydrogens is 328 g/mol. The highest BCUT2D eigenvalue weighted by molar-refractivity contribution is 9.10. The lowest BCUT2D eigenvalue weighted by atomic mass is 10.1. The maximum Gasteiger partial charge on any atom is 0.405 e. The van der Waals surface area contributed by atoms with E-state index in [0.29, 0.717) is 5.56 Å². The Morgan fingerprint density at radius 2 is 1.89 bits per heavy atom. The largest absolute Gasteiger partial charge is 0.405 e. The molecule has 108 valence electrons. The minimum Gasteiger partial charge on any atom is -0.358 e. The molecule has 0 saturated heterocycles. The van der Waals surface area contributed by atoms with Gasteiger partial charge in [-0.1, -0.05) is 6.07 Å². The minimum absolute atomic E-state index is 0.0867. The van der Waals surface area contributed by atoms with Gasteiger partial charge in [-0.05, 0) is 41.4 Å². The van der Waals surface area contributed by atoms with Crippen molar-refractivity contribution in [3.63, 3.8) is 0 Å². The summed E-state index contributed by atoms with van der Waals surface area (Å²) in [6.45, 7) is 2.07. The number of halogens is 5. The zero-order chi connectivity index (χ0) is 14.8. The quantitative estimate of drug-likeness (QED) is 0.842. The summed E-state index contributed by atoms with van der Waals surface area (Å²) in [5.74, 6) is -0.721. The third-order valence-electron chi connectivity index (χ3n) is 2.64. The smallest absolute Gasteiger partial charge is 0.358 e.